The Morgan fingerprint density at radius 3 is 2.72 bits per heavy atom. The zero-order chi connectivity index (χ0) is 23.0. The molecule has 1 saturated heterocycles. The largest absolute Gasteiger partial charge is 0.378 e. The van der Waals surface area contributed by atoms with Crippen LogP contribution in [0.25, 0.3) is 5.69 Å². The zero-order valence-corrected chi connectivity index (χ0v) is 19.3. The van der Waals surface area contributed by atoms with E-state index in [-0.39, 0.29) is 21.8 Å². The lowest BCUT2D eigenvalue weighted by Crippen LogP contribution is -2.39. The van der Waals surface area contributed by atoms with Crippen LogP contribution in [-0.2, 0) is 21.3 Å². The number of nitrogens with zero attached hydrogens (tertiary/aromatic N) is 3. The number of ether oxygens (including phenoxy) is 1. The fourth-order valence-corrected chi connectivity index (χ4v) is 5.28. The molecule has 32 heavy (non-hydrogen) atoms. The normalized spacial score (nSPS) is 17.6. The number of aromatic nitrogens is 2. The Balaban J connectivity index is 1.69. The van der Waals surface area contributed by atoms with Gasteiger partial charge in [0.2, 0.25) is 10.0 Å². The Morgan fingerprint density at radius 1 is 1.25 bits per heavy atom. The minimum absolute atomic E-state index is 0.0904. The summed E-state index contributed by atoms with van der Waals surface area (Å²) < 4.78 is 45.5. The number of sulfonamides is 1. The van der Waals surface area contributed by atoms with Crippen molar-refractivity contribution in [3.05, 3.63) is 75.8 Å². The summed E-state index contributed by atoms with van der Waals surface area (Å²) in [6.45, 7) is 5.91. The molecule has 1 aromatic heterocycles. The Kier molecular flexibility index (Phi) is 6.37. The number of primary sulfonamides is 1. The van der Waals surface area contributed by atoms with Crippen molar-refractivity contribution in [1.82, 2.24) is 14.7 Å². The molecule has 3 aromatic rings. The third-order valence-corrected chi connectivity index (χ3v) is 7.08. The van der Waals surface area contributed by atoms with E-state index in [1.54, 1.807) is 35.0 Å². The topological polar surface area (TPSA) is 90.4 Å². The molecule has 0 saturated carbocycles. The molecule has 1 aliphatic rings. The number of para-hydroxylation sites is 1. The van der Waals surface area contributed by atoms with Crippen molar-refractivity contribution >= 4 is 21.6 Å². The highest BCUT2D eigenvalue weighted by Gasteiger charge is 2.30. The Hall–Kier alpha value is -2.30. The number of hydrogen-bond acceptors (Lipinski definition) is 5. The molecular formula is C22H24ClFN4O3S. The fourth-order valence-electron chi connectivity index (χ4n) is 4.19. The smallest absolute Gasteiger partial charge is 0.239 e. The fraction of sp³-hybridized carbons (Fsp3) is 0.318. The molecule has 0 aliphatic carbocycles. The number of morpholine rings is 1. The van der Waals surface area contributed by atoms with Gasteiger partial charge in [-0.25, -0.2) is 22.6 Å². The molecule has 2 N–H and O–H groups in total. The van der Waals surface area contributed by atoms with Crippen molar-refractivity contribution in [3.63, 3.8) is 0 Å². The van der Waals surface area contributed by atoms with E-state index in [1.165, 1.54) is 12.1 Å². The van der Waals surface area contributed by atoms with Gasteiger partial charge in [-0.1, -0.05) is 29.8 Å². The van der Waals surface area contributed by atoms with Crippen LogP contribution in [0.4, 0.5) is 4.39 Å². The lowest BCUT2D eigenvalue weighted by molar-refractivity contribution is -0.0132. The van der Waals surface area contributed by atoms with Crippen LogP contribution in [0.15, 0.2) is 47.4 Å². The summed E-state index contributed by atoms with van der Waals surface area (Å²) in [6, 6.07) is 11.2. The van der Waals surface area contributed by atoms with E-state index in [1.807, 2.05) is 13.8 Å². The van der Waals surface area contributed by atoms with Crippen LogP contribution < -0.4 is 5.14 Å². The number of benzene rings is 2. The van der Waals surface area contributed by atoms with Gasteiger partial charge in [-0.3, -0.25) is 4.90 Å². The maximum atomic E-state index is 14.4. The summed E-state index contributed by atoms with van der Waals surface area (Å²) in [5, 5.41) is 9.99. The lowest BCUT2D eigenvalue weighted by Gasteiger charge is -2.36. The third kappa shape index (κ3) is 4.44. The SMILES string of the molecule is Cc1nn(-c2ccccc2F)c(C)c1C1COCCN1Cc1ccc(Cl)c(S(N)(=O)=O)c1. The van der Waals surface area contributed by atoms with Crippen molar-refractivity contribution < 1.29 is 17.5 Å². The van der Waals surface area contributed by atoms with Gasteiger partial charge >= 0.3 is 0 Å². The first-order valence-electron chi connectivity index (χ1n) is 10.1. The van der Waals surface area contributed by atoms with Gasteiger partial charge in [0.1, 0.15) is 16.4 Å². The second kappa shape index (κ2) is 8.92. The van der Waals surface area contributed by atoms with Crippen LogP contribution in [0.1, 0.15) is 28.6 Å². The molecule has 0 amide bonds. The molecule has 1 aliphatic heterocycles. The summed E-state index contributed by atoms with van der Waals surface area (Å²) in [5.41, 5.74) is 3.73. The van der Waals surface area contributed by atoms with Gasteiger partial charge in [-0.2, -0.15) is 5.10 Å². The van der Waals surface area contributed by atoms with E-state index >= 15 is 0 Å². The molecule has 10 heteroatoms. The molecule has 0 radical (unpaired) electrons. The predicted octanol–water partition coefficient (Wildman–Crippen LogP) is 3.50. The van der Waals surface area contributed by atoms with Crippen LogP contribution in [0.3, 0.4) is 0 Å². The van der Waals surface area contributed by atoms with Gasteiger partial charge in [0.15, 0.2) is 0 Å². The summed E-state index contributed by atoms with van der Waals surface area (Å²) in [4.78, 5) is 2.10. The average molecular weight is 479 g/mol. The number of nitrogens with two attached hydrogens (primary N) is 1. The van der Waals surface area contributed by atoms with Gasteiger partial charge in [0.05, 0.1) is 30.0 Å². The van der Waals surface area contributed by atoms with E-state index in [0.717, 1.165) is 22.5 Å². The first-order chi connectivity index (χ1) is 15.2. The van der Waals surface area contributed by atoms with Crippen molar-refractivity contribution in [1.29, 1.82) is 0 Å². The molecular weight excluding hydrogens is 455 g/mol. The van der Waals surface area contributed by atoms with Gasteiger partial charge in [-0.05, 0) is 43.7 Å². The predicted molar refractivity (Wildman–Crippen MR) is 120 cm³/mol. The molecule has 1 atom stereocenters. The van der Waals surface area contributed by atoms with Crippen molar-refractivity contribution in [2.24, 2.45) is 5.14 Å². The van der Waals surface area contributed by atoms with Crippen LogP contribution in [-0.4, -0.2) is 42.9 Å². The standard InChI is InChI=1S/C22H24ClFN4O3S/c1-14-22(15(2)28(26-14)19-6-4-3-5-18(19)24)20-13-31-10-9-27(20)12-16-7-8-17(23)21(11-16)32(25,29)30/h3-8,11,20H,9-10,12-13H2,1-2H3,(H2,25,29,30). The monoisotopic (exact) mass is 478 g/mol. The lowest BCUT2D eigenvalue weighted by atomic mass is 10.0. The van der Waals surface area contributed by atoms with Crippen molar-refractivity contribution in [2.75, 3.05) is 19.8 Å². The van der Waals surface area contributed by atoms with Crippen molar-refractivity contribution in [3.8, 4) is 5.69 Å². The molecule has 0 spiro atoms. The van der Waals surface area contributed by atoms with Gasteiger partial charge < -0.3 is 4.74 Å². The van der Waals surface area contributed by atoms with Gasteiger partial charge in [0, 0.05) is 24.3 Å². The van der Waals surface area contributed by atoms with Crippen LogP contribution in [0.5, 0.6) is 0 Å². The molecule has 2 heterocycles. The Bertz CT molecular complexity index is 1260. The van der Waals surface area contributed by atoms with Crippen molar-refractivity contribution in [2.45, 2.75) is 31.3 Å². The number of halogens is 2. The van der Waals surface area contributed by atoms with Gasteiger partial charge in [0.25, 0.3) is 0 Å². The zero-order valence-electron chi connectivity index (χ0n) is 17.8. The molecule has 2 aromatic carbocycles. The molecule has 170 valence electrons. The van der Waals surface area contributed by atoms with Gasteiger partial charge in [-0.15, -0.1) is 0 Å². The van der Waals surface area contributed by atoms with Crippen LogP contribution >= 0.6 is 11.6 Å². The highest BCUT2D eigenvalue weighted by atomic mass is 35.5. The summed E-state index contributed by atoms with van der Waals surface area (Å²) in [5.74, 6) is -0.349. The minimum Gasteiger partial charge on any atom is -0.378 e. The van der Waals surface area contributed by atoms with E-state index in [2.05, 4.69) is 10.00 Å². The second-order valence-corrected chi connectivity index (χ2v) is 9.76. The summed E-state index contributed by atoms with van der Waals surface area (Å²) in [6.07, 6.45) is 0. The van der Waals surface area contributed by atoms with E-state index in [4.69, 9.17) is 21.5 Å². The average Bonchev–Trinajstić information content (AvgIpc) is 3.03. The highest BCUT2D eigenvalue weighted by Crippen LogP contribution is 2.33. The minimum atomic E-state index is -3.93. The first-order valence-corrected chi connectivity index (χ1v) is 12.0. The van der Waals surface area contributed by atoms with Crippen LogP contribution in [0, 0.1) is 19.7 Å². The number of aryl methyl sites for hydroxylation is 1. The maximum Gasteiger partial charge on any atom is 0.239 e. The van der Waals surface area contributed by atoms with E-state index < -0.39 is 10.0 Å². The summed E-state index contributed by atoms with van der Waals surface area (Å²) >= 11 is 6.03. The van der Waals surface area contributed by atoms with E-state index in [9.17, 15) is 12.8 Å². The number of rotatable bonds is 5. The Labute approximate surface area is 191 Å². The van der Waals surface area contributed by atoms with E-state index in [0.29, 0.717) is 32.0 Å². The second-order valence-electron chi connectivity index (χ2n) is 7.82. The third-order valence-electron chi connectivity index (χ3n) is 5.69. The quantitative estimate of drug-likeness (QED) is 0.606. The molecule has 0 bridgehead atoms. The summed E-state index contributed by atoms with van der Waals surface area (Å²) in [7, 11) is -3.93. The molecule has 1 fully saturated rings. The highest BCUT2D eigenvalue weighted by molar-refractivity contribution is 7.89. The molecule has 4 rings (SSSR count). The first kappa shape index (κ1) is 22.9. The number of hydrogen-bond donors (Lipinski definition) is 1. The maximum absolute atomic E-state index is 14.4. The molecule has 1 unspecified atom stereocenters. The molecule has 7 nitrogen and oxygen atoms in total. The van der Waals surface area contributed by atoms with Crippen LogP contribution in [0.2, 0.25) is 5.02 Å². The Morgan fingerprint density at radius 2 is 2.00 bits per heavy atom.